The fraction of sp³-hybridized carbons (Fsp3) is 0.412. The molecule has 1 aliphatic heterocycles. The Morgan fingerprint density at radius 2 is 2.04 bits per heavy atom. The second kappa shape index (κ2) is 7.30. The molecule has 1 fully saturated rings. The van der Waals surface area contributed by atoms with Crippen LogP contribution in [0.25, 0.3) is 0 Å². The number of carbonyl (C=O) groups excluding carboxylic acids is 1. The zero-order chi connectivity index (χ0) is 17.1. The summed E-state index contributed by atoms with van der Waals surface area (Å²) in [4.78, 5) is 14.1. The van der Waals surface area contributed by atoms with Crippen LogP contribution in [-0.2, 0) is 17.8 Å². The van der Waals surface area contributed by atoms with Crippen LogP contribution in [0.2, 0.25) is 5.02 Å². The van der Waals surface area contributed by atoms with Crippen LogP contribution in [0.15, 0.2) is 30.6 Å². The predicted octanol–water partition coefficient (Wildman–Crippen LogP) is 3.30. The van der Waals surface area contributed by atoms with E-state index >= 15 is 0 Å². The summed E-state index contributed by atoms with van der Waals surface area (Å²) in [5, 5.41) is 4.59. The molecule has 0 N–H and O–H groups in total. The maximum absolute atomic E-state index is 13.2. The number of likely N-dealkylation sites (tertiary alicyclic amines) is 1. The van der Waals surface area contributed by atoms with E-state index in [4.69, 9.17) is 11.6 Å². The molecule has 0 spiro atoms. The summed E-state index contributed by atoms with van der Waals surface area (Å²) in [6, 6.07) is 3.58. The first-order valence-electron chi connectivity index (χ1n) is 7.90. The minimum atomic E-state index is -0.561. The Morgan fingerprint density at radius 3 is 2.71 bits per heavy atom. The smallest absolute Gasteiger partial charge is 0.224 e. The molecule has 24 heavy (non-hydrogen) atoms. The van der Waals surface area contributed by atoms with Crippen molar-refractivity contribution in [2.45, 2.75) is 25.8 Å². The largest absolute Gasteiger partial charge is 0.342 e. The van der Waals surface area contributed by atoms with Gasteiger partial charge in [0.25, 0.3) is 0 Å². The van der Waals surface area contributed by atoms with Gasteiger partial charge in [0.05, 0.1) is 11.2 Å². The summed E-state index contributed by atoms with van der Waals surface area (Å²) in [5.74, 6) is -0.827. The first-order valence-corrected chi connectivity index (χ1v) is 8.28. The molecule has 2 aromatic rings. The SMILES string of the molecule is O=C(CCn1cc(Cl)cn1)N1CCC(Cc2cc(F)cc(F)c2)C1. The van der Waals surface area contributed by atoms with Gasteiger partial charge in [-0.2, -0.15) is 5.10 Å². The summed E-state index contributed by atoms with van der Waals surface area (Å²) in [6.07, 6.45) is 5.00. The van der Waals surface area contributed by atoms with E-state index in [1.54, 1.807) is 10.9 Å². The molecule has 0 saturated carbocycles. The Morgan fingerprint density at radius 1 is 1.29 bits per heavy atom. The number of hydrogen-bond acceptors (Lipinski definition) is 2. The average Bonchev–Trinajstić information content (AvgIpc) is 3.13. The summed E-state index contributed by atoms with van der Waals surface area (Å²) in [5.41, 5.74) is 0.637. The Hall–Kier alpha value is -1.95. The monoisotopic (exact) mass is 353 g/mol. The fourth-order valence-electron chi connectivity index (χ4n) is 3.12. The van der Waals surface area contributed by atoms with E-state index in [1.807, 2.05) is 4.90 Å². The number of halogens is 3. The summed E-state index contributed by atoms with van der Waals surface area (Å²) in [6.45, 7) is 1.79. The number of nitrogens with zero attached hydrogens (tertiary/aromatic N) is 3. The second-order valence-corrected chi connectivity index (χ2v) is 6.58. The number of aryl methyl sites for hydroxylation is 1. The summed E-state index contributed by atoms with van der Waals surface area (Å²) < 4.78 is 28.1. The Bertz CT molecular complexity index is 714. The highest BCUT2D eigenvalue weighted by Gasteiger charge is 2.26. The number of benzene rings is 1. The lowest BCUT2D eigenvalue weighted by atomic mass is 9.98. The second-order valence-electron chi connectivity index (χ2n) is 6.15. The van der Waals surface area contributed by atoms with E-state index in [9.17, 15) is 13.6 Å². The molecule has 1 saturated heterocycles. The van der Waals surface area contributed by atoms with Crippen molar-refractivity contribution in [2.24, 2.45) is 5.92 Å². The first kappa shape index (κ1) is 16.9. The van der Waals surface area contributed by atoms with Crippen molar-refractivity contribution < 1.29 is 13.6 Å². The highest BCUT2D eigenvalue weighted by Crippen LogP contribution is 2.22. The van der Waals surface area contributed by atoms with Gasteiger partial charge in [0.15, 0.2) is 0 Å². The third-order valence-corrected chi connectivity index (χ3v) is 4.44. The van der Waals surface area contributed by atoms with Gasteiger partial charge in [-0.3, -0.25) is 9.48 Å². The number of hydrogen-bond donors (Lipinski definition) is 0. The first-order chi connectivity index (χ1) is 11.5. The molecule has 1 atom stereocenters. The van der Waals surface area contributed by atoms with Crippen molar-refractivity contribution in [3.8, 4) is 0 Å². The lowest BCUT2D eigenvalue weighted by Gasteiger charge is -2.16. The molecule has 1 unspecified atom stereocenters. The Kier molecular flexibility index (Phi) is 5.14. The van der Waals surface area contributed by atoms with Crippen molar-refractivity contribution in [2.75, 3.05) is 13.1 Å². The minimum absolute atomic E-state index is 0.0644. The van der Waals surface area contributed by atoms with Gasteiger partial charge in [-0.1, -0.05) is 11.6 Å². The van der Waals surface area contributed by atoms with Gasteiger partial charge in [-0.15, -0.1) is 0 Å². The molecule has 0 radical (unpaired) electrons. The van der Waals surface area contributed by atoms with Crippen LogP contribution < -0.4 is 0 Å². The maximum atomic E-state index is 13.2. The van der Waals surface area contributed by atoms with Crippen LogP contribution in [0.5, 0.6) is 0 Å². The Labute approximate surface area is 144 Å². The highest BCUT2D eigenvalue weighted by molar-refractivity contribution is 6.30. The van der Waals surface area contributed by atoms with E-state index < -0.39 is 11.6 Å². The van der Waals surface area contributed by atoms with Crippen molar-refractivity contribution in [1.82, 2.24) is 14.7 Å². The third kappa shape index (κ3) is 4.32. The highest BCUT2D eigenvalue weighted by atomic mass is 35.5. The van der Waals surface area contributed by atoms with Crippen LogP contribution in [-0.4, -0.2) is 33.7 Å². The zero-order valence-electron chi connectivity index (χ0n) is 13.1. The van der Waals surface area contributed by atoms with Crippen molar-refractivity contribution in [1.29, 1.82) is 0 Å². The van der Waals surface area contributed by atoms with Crippen LogP contribution >= 0.6 is 11.6 Å². The van der Waals surface area contributed by atoms with E-state index in [-0.39, 0.29) is 11.8 Å². The van der Waals surface area contributed by atoms with Crippen LogP contribution in [0.3, 0.4) is 0 Å². The fourth-order valence-corrected chi connectivity index (χ4v) is 3.27. The molecule has 2 heterocycles. The van der Waals surface area contributed by atoms with Crippen molar-refractivity contribution in [3.05, 3.63) is 52.8 Å². The van der Waals surface area contributed by atoms with Gasteiger partial charge < -0.3 is 4.90 Å². The molecular weight excluding hydrogens is 336 g/mol. The molecule has 7 heteroatoms. The van der Waals surface area contributed by atoms with Crippen LogP contribution in [0.4, 0.5) is 8.78 Å². The van der Waals surface area contributed by atoms with Crippen molar-refractivity contribution in [3.63, 3.8) is 0 Å². The van der Waals surface area contributed by atoms with Gasteiger partial charge >= 0.3 is 0 Å². The van der Waals surface area contributed by atoms with E-state index in [0.717, 1.165) is 12.5 Å². The molecule has 1 aromatic heterocycles. The van der Waals surface area contributed by atoms with E-state index in [1.165, 1.54) is 18.3 Å². The van der Waals surface area contributed by atoms with E-state index in [0.29, 0.717) is 43.1 Å². The quantitative estimate of drug-likeness (QED) is 0.827. The maximum Gasteiger partial charge on any atom is 0.224 e. The predicted molar refractivity (Wildman–Crippen MR) is 86.6 cm³/mol. The van der Waals surface area contributed by atoms with Gasteiger partial charge in [-0.05, 0) is 36.5 Å². The minimum Gasteiger partial charge on any atom is -0.342 e. The van der Waals surface area contributed by atoms with Crippen molar-refractivity contribution >= 4 is 17.5 Å². The lowest BCUT2D eigenvalue weighted by molar-refractivity contribution is -0.130. The number of aromatic nitrogens is 2. The summed E-state index contributed by atoms with van der Waals surface area (Å²) in [7, 11) is 0. The molecular formula is C17H18ClF2N3O. The number of amides is 1. The normalized spacial score (nSPS) is 17.5. The van der Waals surface area contributed by atoms with Crippen LogP contribution in [0.1, 0.15) is 18.4 Å². The average molecular weight is 354 g/mol. The molecule has 1 aliphatic rings. The molecule has 0 bridgehead atoms. The zero-order valence-corrected chi connectivity index (χ0v) is 13.8. The molecule has 1 amide bonds. The van der Waals surface area contributed by atoms with Gasteiger partial charge in [0, 0.05) is 38.3 Å². The Balaban J connectivity index is 1.50. The standard InChI is InChI=1S/C17H18ClF2N3O/c18-14-9-21-23(11-14)4-2-17(24)22-3-1-12(10-22)5-13-6-15(19)8-16(20)7-13/h6-9,11-12H,1-5,10H2. The summed E-state index contributed by atoms with van der Waals surface area (Å²) >= 11 is 5.79. The van der Waals surface area contributed by atoms with Crippen LogP contribution in [0, 0.1) is 17.6 Å². The topological polar surface area (TPSA) is 38.1 Å². The molecule has 0 aliphatic carbocycles. The third-order valence-electron chi connectivity index (χ3n) is 4.24. The molecule has 3 rings (SSSR count). The molecule has 4 nitrogen and oxygen atoms in total. The van der Waals surface area contributed by atoms with Gasteiger partial charge in [0.2, 0.25) is 5.91 Å². The number of carbonyl (C=O) groups is 1. The molecule has 1 aromatic carbocycles. The van der Waals surface area contributed by atoms with E-state index in [2.05, 4.69) is 5.10 Å². The number of rotatable bonds is 5. The van der Waals surface area contributed by atoms with Gasteiger partial charge in [-0.25, -0.2) is 8.78 Å². The van der Waals surface area contributed by atoms with Gasteiger partial charge in [0.1, 0.15) is 11.6 Å². The molecule has 128 valence electrons. The lowest BCUT2D eigenvalue weighted by Crippen LogP contribution is -2.29.